The average Bonchev–Trinajstić information content (AvgIpc) is 3.24. The molecule has 0 aliphatic rings. The van der Waals surface area contributed by atoms with E-state index < -0.39 is 5.25 Å². The molecule has 0 saturated heterocycles. The van der Waals surface area contributed by atoms with Gasteiger partial charge in [-0.1, -0.05) is 11.8 Å². The van der Waals surface area contributed by atoms with E-state index in [1.165, 1.54) is 11.8 Å². The van der Waals surface area contributed by atoms with Crippen LogP contribution in [0.5, 0.6) is 0 Å². The third-order valence-corrected chi connectivity index (χ3v) is 5.13. The lowest BCUT2D eigenvalue weighted by Gasteiger charge is -2.09. The van der Waals surface area contributed by atoms with Gasteiger partial charge < -0.3 is 9.73 Å². The lowest BCUT2D eigenvalue weighted by atomic mass is 10.2. The number of thioether (sulfide) groups is 1. The van der Waals surface area contributed by atoms with Crippen molar-refractivity contribution in [3.8, 4) is 6.07 Å². The monoisotopic (exact) mass is 385 g/mol. The SMILES string of the molecule is Cc1nc(Cc2nnc(S[C@@H](C)C(=O)Nc3ccc(C#N)cc3)o2)cs1. The Balaban J connectivity index is 1.56. The number of hydrogen-bond donors (Lipinski definition) is 1. The standard InChI is InChI=1S/C17H15N5O2S2/c1-10(16(23)20-13-5-3-12(8-18)4-6-13)26-17-22-21-15(24-17)7-14-9-25-11(2)19-14/h3-6,9-10H,7H2,1-2H3,(H,20,23)/t10-/m0/s1. The zero-order valence-electron chi connectivity index (χ0n) is 14.1. The van der Waals surface area contributed by atoms with Crippen molar-refractivity contribution < 1.29 is 9.21 Å². The predicted octanol–water partition coefficient (Wildman–Crippen LogP) is 3.42. The van der Waals surface area contributed by atoms with Crippen LogP contribution in [0.3, 0.4) is 0 Å². The summed E-state index contributed by atoms with van der Waals surface area (Å²) >= 11 is 2.76. The normalized spacial score (nSPS) is 11.7. The van der Waals surface area contributed by atoms with Crippen LogP contribution in [-0.2, 0) is 11.2 Å². The highest BCUT2D eigenvalue weighted by molar-refractivity contribution is 8.00. The number of nitrogens with one attached hydrogen (secondary N) is 1. The largest absolute Gasteiger partial charge is 0.416 e. The van der Waals surface area contributed by atoms with E-state index in [4.69, 9.17) is 9.68 Å². The molecule has 3 aromatic rings. The van der Waals surface area contributed by atoms with Gasteiger partial charge in [0.05, 0.1) is 34.0 Å². The van der Waals surface area contributed by atoms with E-state index in [2.05, 4.69) is 20.5 Å². The van der Waals surface area contributed by atoms with Crippen LogP contribution in [0.15, 0.2) is 39.3 Å². The summed E-state index contributed by atoms with van der Waals surface area (Å²) in [6, 6.07) is 8.71. The molecule has 0 aliphatic carbocycles. The molecule has 26 heavy (non-hydrogen) atoms. The molecule has 2 heterocycles. The minimum Gasteiger partial charge on any atom is -0.416 e. The Morgan fingerprint density at radius 2 is 2.15 bits per heavy atom. The van der Waals surface area contributed by atoms with E-state index in [0.717, 1.165) is 10.7 Å². The fourth-order valence-electron chi connectivity index (χ4n) is 2.08. The highest BCUT2D eigenvalue weighted by atomic mass is 32.2. The molecular formula is C17H15N5O2S2. The van der Waals surface area contributed by atoms with Gasteiger partial charge in [-0.05, 0) is 38.1 Å². The molecule has 132 valence electrons. The zero-order chi connectivity index (χ0) is 18.5. The van der Waals surface area contributed by atoms with Gasteiger partial charge in [-0.3, -0.25) is 4.79 Å². The van der Waals surface area contributed by atoms with Crippen LogP contribution < -0.4 is 5.32 Å². The molecule has 3 rings (SSSR count). The average molecular weight is 385 g/mol. The van der Waals surface area contributed by atoms with Gasteiger partial charge in [-0.2, -0.15) is 5.26 Å². The van der Waals surface area contributed by atoms with Crippen molar-refractivity contribution in [2.75, 3.05) is 5.32 Å². The molecular weight excluding hydrogens is 370 g/mol. The maximum atomic E-state index is 12.3. The van der Waals surface area contributed by atoms with Crippen molar-refractivity contribution in [2.45, 2.75) is 30.7 Å². The van der Waals surface area contributed by atoms with Gasteiger partial charge in [0.2, 0.25) is 11.8 Å². The molecule has 0 unspecified atom stereocenters. The second-order valence-electron chi connectivity index (χ2n) is 5.43. The second kappa shape index (κ2) is 8.12. The number of aryl methyl sites for hydroxylation is 1. The van der Waals surface area contributed by atoms with Crippen LogP contribution in [0.2, 0.25) is 0 Å². The topological polar surface area (TPSA) is 105 Å². The number of nitriles is 1. The third-order valence-electron chi connectivity index (χ3n) is 3.38. The molecule has 1 atom stereocenters. The summed E-state index contributed by atoms with van der Waals surface area (Å²) in [7, 11) is 0. The Morgan fingerprint density at radius 1 is 1.38 bits per heavy atom. The van der Waals surface area contributed by atoms with Crippen LogP contribution in [-0.4, -0.2) is 26.3 Å². The number of carbonyl (C=O) groups is 1. The van der Waals surface area contributed by atoms with Crippen LogP contribution in [0.25, 0.3) is 0 Å². The van der Waals surface area contributed by atoms with E-state index in [-0.39, 0.29) is 5.91 Å². The molecule has 0 bridgehead atoms. The lowest BCUT2D eigenvalue weighted by molar-refractivity contribution is -0.115. The van der Waals surface area contributed by atoms with Crippen LogP contribution >= 0.6 is 23.1 Å². The minimum atomic E-state index is -0.416. The van der Waals surface area contributed by atoms with Crippen molar-refractivity contribution in [2.24, 2.45) is 0 Å². The molecule has 2 aromatic heterocycles. The number of benzene rings is 1. The van der Waals surface area contributed by atoms with Crippen molar-refractivity contribution in [3.05, 3.63) is 51.8 Å². The number of hydrogen-bond acceptors (Lipinski definition) is 8. The van der Waals surface area contributed by atoms with Gasteiger partial charge in [-0.15, -0.1) is 21.5 Å². The molecule has 0 saturated carbocycles. The number of rotatable bonds is 6. The highest BCUT2D eigenvalue weighted by Gasteiger charge is 2.19. The molecule has 0 spiro atoms. The number of amides is 1. The molecule has 7 nitrogen and oxygen atoms in total. The first-order chi connectivity index (χ1) is 12.5. The van der Waals surface area contributed by atoms with Gasteiger partial charge in [0, 0.05) is 11.1 Å². The van der Waals surface area contributed by atoms with Crippen molar-refractivity contribution >= 4 is 34.7 Å². The van der Waals surface area contributed by atoms with E-state index in [1.807, 2.05) is 18.4 Å². The quantitative estimate of drug-likeness (QED) is 0.648. The van der Waals surface area contributed by atoms with Crippen LogP contribution in [0.1, 0.15) is 29.1 Å². The fourth-order valence-corrected chi connectivity index (χ4v) is 3.39. The molecule has 0 aliphatic heterocycles. The molecule has 0 fully saturated rings. The van der Waals surface area contributed by atoms with Gasteiger partial charge in [0.1, 0.15) is 0 Å². The van der Waals surface area contributed by atoms with E-state index in [1.54, 1.807) is 42.5 Å². The number of carbonyl (C=O) groups excluding carboxylic acids is 1. The second-order valence-corrected chi connectivity index (χ2v) is 7.79. The minimum absolute atomic E-state index is 0.186. The number of thiazole rings is 1. The number of anilines is 1. The predicted molar refractivity (Wildman–Crippen MR) is 99.1 cm³/mol. The Morgan fingerprint density at radius 3 is 2.81 bits per heavy atom. The van der Waals surface area contributed by atoms with E-state index in [9.17, 15) is 4.79 Å². The van der Waals surface area contributed by atoms with E-state index >= 15 is 0 Å². The fraction of sp³-hybridized carbons (Fsp3) is 0.235. The Labute approximate surface area is 158 Å². The van der Waals surface area contributed by atoms with Crippen LogP contribution in [0.4, 0.5) is 5.69 Å². The number of aromatic nitrogens is 3. The summed E-state index contributed by atoms with van der Waals surface area (Å²) in [5.41, 5.74) is 2.06. The van der Waals surface area contributed by atoms with Gasteiger partial charge >= 0.3 is 0 Å². The van der Waals surface area contributed by atoms with Crippen molar-refractivity contribution in [1.82, 2.24) is 15.2 Å². The first-order valence-corrected chi connectivity index (χ1v) is 9.50. The lowest BCUT2D eigenvalue weighted by Crippen LogP contribution is -2.22. The van der Waals surface area contributed by atoms with E-state index in [0.29, 0.717) is 28.8 Å². The van der Waals surface area contributed by atoms with Gasteiger partial charge in [0.15, 0.2) is 0 Å². The van der Waals surface area contributed by atoms with Crippen LogP contribution in [0, 0.1) is 18.3 Å². The Bertz CT molecular complexity index is 943. The molecule has 1 aromatic carbocycles. The third kappa shape index (κ3) is 4.68. The molecule has 0 radical (unpaired) electrons. The summed E-state index contributed by atoms with van der Waals surface area (Å²) in [5, 5.41) is 22.4. The van der Waals surface area contributed by atoms with Gasteiger partial charge in [-0.25, -0.2) is 4.98 Å². The molecule has 1 amide bonds. The Kier molecular flexibility index (Phi) is 5.65. The smallest absolute Gasteiger partial charge is 0.277 e. The zero-order valence-corrected chi connectivity index (χ0v) is 15.7. The van der Waals surface area contributed by atoms with Crippen molar-refractivity contribution in [3.63, 3.8) is 0 Å². The summed E-state index contributed by atoms with van der Waals surface area (Å²) < 4.78 is 5.59. The van der Waals surface area contributed by atoms with Crippen molar-refractivity contribution in [1.29, 1.82) is 5.26 Å². The van der Waals surface area contributed by atoms with Gasteiger partial charge in [0.25, 0.3) is 5.22 Å². The summed E-state index contributed by atoms with van der Waals surface area (Å²) in [6.07, 6.45) is 0.476. The summed E-state index contributed by atoms with van der Waals surface area (Å²) in [5.74, 6) is 0.284. The number of nitrogens with zero attached hydrogens (tertiary/aromatic N) is 4. The maximum Gasteiger partial charge on any atom is 0.277 e. The first-order valence-electron chi connectivity index (χ1n) is 7.74. The highest BCUT2D eigenvalue weighted by Crippen LogP contribution is 2.24. The first kappa shape index (κ1) is 18.1. The summed E-state index contributed by atoms with van der Waals surface area (Å²) in [6.45, 7) is 3.70. The molecule has 9 heteroatoms. The molecule has 1 N–H and O–H groups in total. The Hall–Kier alpha value is -2.70. The summed E-state index contributed by atoms with van der Waals surface area (Å²) in [4.78, 5) is 16.6. The maximum absolute atomic E-state index is 12.3.